The van der Waals surface area contributed by atoms with E-state index in [-0.39, 0.29) is 6.71 Å². The third kappa shape index (κ3) is 9.88. The minimum absolute atomic E-state index is 0.318. The number of hydrogen-bond acceptors (Lipinski definition) is 6. The molecule has 103 heavy (non-hydrogen) atoms. The summed E-state index contributed by atoms with van der Waals surface area (Å²) in [7, 11) is 0. The van der Waals surface area contributed by atoms with Crippen LogP contribution in [0.3, 0.4) is 0 Å². The Morgan fingerprint density at radius 2 is 0.553 bits per heavy atom. The van der Waals surface area contributed by atoms with Crippen LogP contribution in [0.4, 0.5) is 68.2 Å². The minimum atomic E-state index is -0.318. The molecule has 2 aliphatic heterocycles. The molecular weight excluding hydrogens is 1250 g/mol. The molecule has 18 aromatic rings. The van der Waals surface area contributed by atoms with Gasteiger partial charge in [0.1, 0.15) is 22.3 Å². The van der Waals surface area contributed by atoms with Crippen LogP contribution in [0.1, 0.15) is 0 Å². The molecule has 0 radical (unpaired) electrons. The van der Waals surface area contributed by atoms with Crippen molar-refractivity contribution in [2.24, 2.45) is 0 Å². The van der Waals surface area contributed by atoms with Crippen molar-refractivity contribution in [3.63, 3.8) is 0 Å². The van der Waals surface area contributed by atoms with Gasteiger partial charge >= 0.3 is 0 Å². The first kappa shape index (κ1) is 59.4. The Balaban J connectivity index is 0.947. The monoisotopic (exact) mass is 1310 g/mol. The van der Waals surface area contributed by atoms with Gasteiger partial charge in [-0.15, -0.1) is 0 Å². The quantitative estimate of drug-likeness (QED) is 0.107. The van der Waals surface area contributed by atoms with Crippen molar-refractivity contribution in [1.82, 2.24) is 0 Å². The fourth-order valence-corrected chi connectivity index (χ4v) is 16.4. The van der Waals surface area contributed by atoms with Crippen LogP contribution >= 0.6 is 0 Å². The normalized spacial score (nSPS) is 12.2. The Hall–Kier alpha value is -13.6. The zero-order valence-corrected chi connectivity index (χ0v) is 56.1. The Morgan fingerprint density at radius 3 is 0.932 bits per heavy atom. The van der Waals surface area contributed by atoms with E-state index in [9.17, 15) is 0 Å². The molecule has 0 spiro atoms. The summed E-state index contributed by atoms with van der Waals surface area (Å²) in [5, 5.41) is 4.20. The maximum atomic E-state index is 6.72. The summed E-state index contributed by atoms with van der Waals surface area (Å²) in [6.45, 7) is -0.318. The largest absolute Gasteiger partial charge is 0.456 e. The molecule has 0 amide bonds. The van der Waals surface area contributed by atoms with E-state index in [4.69, 9.17) is 8.83 Å². The van der Waals surface area contributed by atoms with Crippen LogP contribution in [0.25, 0.3) is 99.5 Å². The van der Waals surface area contributed by atoms with Crippen molar-refractivity contribution >= 4 is 135 Å². The summed E-state index contributed by atoms with van der Waals surface area (Å²) in [5.41, 5.74) is 30.3. The summed E-state index contributed by atoms with van der Waals surface area (Å²) in [6, 6.07) is 140. The Kier molecular flexibility index (Phi) is 14.2. The van der Waals surface area contributed by atoms with E-state index in [1.165, 1.54) is 5.46 Å². The Labute approximate surface area is 597 Å². The molecule has 7 heteroatoms. The molecule has 0 saturated heterocycles. The highest BCUT2D eigenvalue weighted by molar-refractivity contribution is 7.00. The second-order valence-corrected chi connectivity index (χ2v) is 26.6. The number of para-hydroxylation sites is 6. The van der Waals surface area contributed by atoms with E-state index in [2.05, 4.69) is 402 Å². The standard InChI is InChI=1S/C96H63BN4O2/c1-8-30-64(31-9-1)69-60-86-94-87(61-69)101(96-76(67-36-14-4-15-37-67)48-27-49-77(96)68-38-16-5-17-39-68)85-63-73(99(71-42-20-7-21-43-71)83-51-29-55-91-93(83)79-45-23-25-53-89(79)103-91)57-59-81(85)97(94)80-58-56-72(98(70-40-18-6-19-41-70)82-50-28-54-90-92(82)78-44-22-24-52-88(78)102-90)62-84(80)100(86)95-74(65-32-10-2-11-33-65)46-26-47-75(95)66-34-12-3-13-35-66/h1-63H. The zero-order valence-electron chi connectivity index (χ0n) is 56.1. The maximum Gasteiger partial charge on any atom is 0.252 e. The molecule has 16 aromatic carbocycles. The van der Waals surface area contributed by atoms with E-state index >= 15 is 0 Å². The van der Waals surface area contributed by atoms with Crippen LogP contribution in [0, 0.1) is 0 Å². The fraction of sp³-hybridized carbons (Fsp3) is 0. The molecule has 0 unspecified atom stereocenters. The van der Waals surface area contributed by atoms with E-state index in [1.54, 1.807) is 0 Å². The fourth-order valence-electron chi connectivity index (χ4n) is 16.4. The van der Waals surface area contributed by atoms with Crippen molar-refractivity contribution < 1.29 is 8.83 Å². The molecule has 0 atom stereocenters. The van der Waals surface area contributed by atoms with Crippen LogP contribution < -0.4 is 36.0 Å². The van der Waals surface area contributed by atoms with Crippen molar-refractivity contribution in [3.05, 3.63) is 382 Å². The number of anilines is 12. The molecule has 0 fully saturated rings. The van der Waals surface area contributed by atoms with Gasteiger partial charge in [0.25, 0.3) is 6.71 Å². The van der Waals surface area contributed by atoms with Crippen LogP contribution in [0.15, 0.2) is 391 Å². The lowest BCUT2D eigenvalue weighted by Crippen LogP contribution is -2.61. The molecule has 4 heterocycles. The molecule has 2 aliphatic rings. The first-order valence-corrected chi connectivity index (χ1v) is 35.3. The second-order valence-electron chi connectivity index (χ2n) is 26.6. The molecule has 20 rings (SSSR count). The zero-order chi connectivity index (χ0) is 67.9. The summed E-state index contributed by atoms with van der Waals surface area (Å²) in [4.78, 5) is 10.2. The third-order valence-electron chi connectivity index (χ3n) is 20.8. The molecule has 0 bridgehead atoms. The number of rotatable bonds is 13. The number of nitrogens with zero attached hydrogens (tertiary/aromatic N) is 4. The van der Waals surface area contributed by atoms with Gasteiger partial charge in [0, 0.05) is 78.5 Å². The number of hydrogen-bond donors (Lipinski definition) is 0. The SMILES string of the molecule is c1ccc(-c2cc3c4c(c2)N(c2c(-c5ccccc5)cccc2-c2ccccc2)c2cc(N(c5ccccc5)c5cccc6oc7ccccc7c56)ccc2B4c2ccc(N(c4ccccc4)c4cccc5oc6ccccc6c45)cc2N3c2c(-c3ccccc3)cccc2-c2ccccc2)cc1. The van der Waals surface area contributed by atoms with E-state index < -0.39 is 0 Å². The van der Waals surface area contributed by atoms with Gasteiger partial charge in [-0.3, -0.25) is 0 Å². The predicted molar refractivity (Wildman–Crippen MR) is 432 cm³/mol. The smallest absolute Gasteiger partial charge is 0.252 e. The molecule has 0 saturated carbocycles. The highest BCUT2D eigenvalue weighted by Crippen LogP contribution is 2.56. The van der Waals surface area contributed by atoms with Gasteiger partial charge in [-0.2, -0.15) is 0 Å². The van der Waals surface area contributed by atoms with Crippen molar-refractivity contribution in [2.75, 3.05) is 19.6 Å². The average Bonchev–Trinajstić information content (AvgIpc) is 1.59. The van der Waals surface area contributed by atoms with E-state index in [1.807, 2.05) is 0 Å². The lowest BCUT2D eigenvalue weighted by molar-refractivity contribution is 0.668. The second kappa shape index (κ2) is 24.7. The lowest BCUT2D eigenvalue weighted by atomic mass is 9.33. The van der Waals surface area contributed by atoms with Crippen molar-refractivity contribution in [3.8, 4) is 55.6 Å². The summed E-state index contributed by atoms with van der Waals surface area (Å²) in [5.74, 6) is 0. The number of fused-ring (bicyclic) bond motifs is 10. The molecular formula is C96H63BN4O2. The third-order valence-corrected chi connectivity index (χ3v) is 20.8. The maximum absolute atomic E-state index is 6.72. The molecule has 2 aromatic heterocycles. The number of furan rings is 2. The van der Waals surface area contributed by atoms with Crippen LogP contribution in [0.5, 0.6) is 0 Å². The summed E-state index contributed by atoms with van der Waals surface area (Å²) < 4.78 is 13.4. The average molecular weight is 1320 g/mol. The van der Waals surface area contributed by atoms with Crippen molar-refractivity contribution in [1.29, 1.82) is 0 Å². The van der Waals surface area contributed by atoms with Crippen molar-refractivity contribution in [2.45, 2.75) is 0 Å². The highest BCUT2D eigenvalue weighted by atomic mass is 16.3. The van der Waals surface area contributed by atoms with Crippen LogP contribution in [-0.4, -0.2) is 6.71 Å². The summed E-state index contributed by atoms with van der Waals surface area (Å²) in [6.07, 6.45) is 0. The van der Waals surface area contributed by atoms with E-state index in [0.717, 1.165) is 179 Å². The minimum Gasteiger partial charge on any atom is -0.456 e. The molecule has 482 valence electrons. The first-order valence-electron chi connectivity index (χ1n) is 35.3. The van der Waals surface area contributed by atoms with Gasteiger partial charge in [-0.05, 0) is 147 Å². The highest BCUT2D eigenvalue weighted by Gasteiger charge is 2.46. The Bertz CT molecular complexity index is 5790. The van der Waals surface area contributed by atoms with Crippen LogP contribution in [0.2, 0.25) is 0 Å². The van der Waals surface area contributed by atoms with Gasteiger partial charge in [0.2, 0.25) is 0 Å². The predicted octanol–water partition coefficient (Wildman–Crippen LogP) is 24.8. The first-order chi connectivity index (χ1) is 51.1. The van der Waals surface area contributed by atoms with Gasteiger partial charge in [-0.1, -0.05) is 285 Å². The van der Waals surface area contributed by atoms with Gasteiger partial charge < -0.3 is 28.4 Å². The molecule has 0 N–H and O–H groups in total. The van der Waals surface area contributed by atoms with Gasteiger partial charge in [-0.25, -0.2) is 0 Å². The van der Waals surface area contributed by atoms with Gasteiger partial charge in [0.05, 0.1) is 33.5 Å². The van der Waals surface area contributed by atoms with Crippen LogP contribution in [-0.2, 0) is 0 Å². The van der Waals surface area contributed by atoms with E-state index in [0.29, 0.717) is 0 Å². The Morgan fingerprint density at radius 1 is 0.233 bits per heavy atom. The number of benzene rings is 16. The van der Waals surface area contributed by atoms with Gasteiger partial charge in [0.15, 0.2) is 0 Å². The molecule has 0 aliphatic carbocycles. The summed E-state index contributed by atoms with van der Waals surface area (Å²) >= 11 is 0. The molecule has 6 nitrogen and oxygen atoms in total. The lowest BCUT2D eigenvalue weighted by Gasteiger charge is -2.46. The topological polar surface area (TPSA) is 39.2 Å².